The molecule has 6 nitrogen and oxygen atoms in total. The van der Waals surface area contributed by atoms with Crippen LogP contribution in [0.15, 0.2) is 203 Å². The molecular weight excluding hydrogens is 773 g/mol. The molecule has 0 unspecified atom stereocenters. The van der Waals surface area contributed by atoms with Crippen LogP contribution in [0, 0.1) is 0 Å². The molecule has 0 aliphatic carbocycles. The number of rotatable bonds is 4. The fourth-order valence-electron chi connectivity index (χ4n) is 9.81. The Morgan fingerprint density at radius 2 is 0.857 bits per heavy atom. The van der Waals surface area contributed by atoms with Gasteiger partial charge in [-0.3, -0.25) is 0 Å². The SMILES string of the molecule is c1ccc2cc3c(cc2c1)oc1cc(-n2c4ccccc4c4cc5ccccc5cc42)c(-c2nc(-c4ccc5c(c4)oc4ccccc45)nc(-c4cccc5ccccc45)n2)cc13. The van der Waals surface area contributed by atoms with Crippen LogP contribution in [0.4, 0.5) is 0 Å². The molecule has 14 rings (SSSR count). The van der Waals surface area contributed by atoms with Gasteiger partial charge in [-0.25, -0.2) is 15.0 Å². The molecule has 0 aliphatic rings. The van der Waals surface area contributed by atoms with Crippen LogP contribution >= 0.6 is 0 Å². The molecule has 0 N–H and O–H groups in total. The molecule has 6 heteroatoms. The molecule has 0 radical (unpaired) electrons. The minimum atomic E-state index is 0.548. The molecule has 63 heavy (non-hydrogen) atoms. The summed E-state index contributed by atoms with van der Waals surface area (Å²) in [6.07, 6.45) is 0. The summed E-state index contributed by atoms with van der Waals surface area (Å²) in [5.74, 6) is 1.68. The lowest BCUT2D eigenvalue weighted by molar-refractivity contribution is 0.668. The lowest BCUT2D eigenvalue weighted by Crippen LogP contribution is -2.04. The van der Waals surface area contributed by atoms with Crippen LogP contribution in [0.25, 0.3) is 138 Å². The maximum Gasteiger partial charge on any atom is 0.166 e. The topological polar surface area (TPSA) is 69.9 Å². The van der Waals surface area contributed by atoms with E-state index in [1.54, 1.807) is 0 Å². The van der Waals surface area contributed by atoms with Gasteiger partial charge in [-0.05, 0) is 86.9 Å². The first kappa shape index (κ1) is 34.1. The second kappa shape index (κ2) is 12.9. The van der Waals surface area contributed by atoms with Crippen LogP contribution in [0.5, 0.6) is 0 Å². The third-order valence-corrected chi connectivity index (χ3v) is 12.8. The zero-order valence-electron chi connectivity index (χ0n) is 33.6. The van der Waals surface area contributed by atoms with Crippen LogP contribution in [-0.2, 0) is 0 Å². The lowest BCUT2D eigenvalue weighted by atomic mass is 10.0. The van der Waals surface area contributed by atoms with Gasteiger partial charge in [0.05, 0.1) is 16.7 Å². The number of benzene rings is 10. The highest BCUT2D eigenvalue weighted by molar-refractivity contribution is 6.16. The largest absolute Gasteiger partial charge is 0.456 e. The highest BCUT2D eigenvalue weighted by atomic mass is 16.3. The van der Waals surface area contributed by atoms with Crippen LogP contribution in [0.3, 0.4) is 0 Å². The van der Waals surface area contributed by atoms with Crippen molar-refractivity contribution in [3.8, 4) is 39.9 Å². The van der Waals surface area contributed by atoms with Crippen LogP contribution in [-0.4, -0.2) is 19.5 Å². The van der Waals surface area contributed by atoms with E-state index in [2.05, 4.69) is 180 Å². The normalized spacial score (nSPS) is 12.1. The van der Waals surface area contributed by atoms with Crippen molar-refractivity contribution in [2.24, 2.45) is 0 Å². The Labute approximate surface area is 358 Å². The molecule has 0 fully saturated rings. The minimum Gasteiger partial charge on any atom is -0.456 e. The van der Waals surface area contributed by atoms with Gasteiger partial charge >= 0.3 is 0 Å². The Morgan fingerprint density at radius 3 is 1.68 bits per heavy atom. The summed E-state index contributed by atoms with van der Waals surface area (Å²) in [6.45, 7) is 0. The van der Waals surface area contributed by atoms with Gasteiger partial charge in [0.25, 0.3) is 0 Å². The number of para-hydroxylation sites is 2. The molecule has 0 amide bonds. The third-order valence-electron chi connectivity index (χ3n) is 12.8. The number of furan rings is 2. The Hall–Kier alpha value is -8.61. The fourth-order valence-corrected chi connectivity index (χ4v) is 9.81. The Morgan fingerprint density at radius 1 is 0.302 bits per heavy atom. The van der Waals surface area contributed by atoms with Crippen molar-refractivity contribution in [1.29, 1.82) is 0 Å². The molecule has 4 aromatic heterocycles. The summed E-state index contributed by atoms with van der Waals surface area (Å²) >= 11 is 0. The van der Waals surface area contributed by atoms with Gasteiger partial charge in [0.2, 0.25) is 0 Å². The summed E-state index contributed by atoms with van der Waals surface area (Å²) < 4.78 is 15.6. The van der Waals surface area contributed by atoms with E-state index >= 15 is 0 Å². The summed E-state index contributed by atoms with van der Waals surface area (Å²) in [6, 6.07) is 68.1. The lowest BCUT2D eigenvalue weighted by Gasteiger charge is -2.15. The van der Waals surface area contributed by atoms with Crippen molar-refractivity contribution in [1.82, 2.24) is 19.5 Å². The van der Waals surface area contributed by atoms with Gasteiger partial charge in [-0.1, -0.05) is 133 Å². The van der Waals surface area contributed by atoms with Crippen molar-refractivity contribution in [3.63, 3.8) is 0 Å². The van der Waals surface area contributed by atoms with Crippen LogP contribution < -0.4 is 0 Å². The molecule has 0 atom stereocenters. The van der Waals surface area contributed by atoms with E-state index in [9.17, 15) is 0 Å². The van der Waals surface area contributed by atoms with E-state index in [-0.39, 0.29) is 0 Å². The monoisotopic (exact) mass is 804 g/mol. The fraction of sp³-hybridized carbons (Fsp3) is 0. The second-order valence-corrected chi connectivity index (χ2v) is 16.4. The van der Waals surface area contributed by atoms with Crippen LogP contribution in [0.1, 0.15) is 0 Å². The molecule has 10 aromatic carbocycles. The first-order valence-electron chi connectivity index (χ1n) is 21.2. The third kappa shape index (κ3) is 5.15. The maximum atomic E-state index is 6.81. The van der Waals surface area contributed by atoms with E-state index < -0.39 is 0 Å². The van der Waals surface area contributed by atoms with Gasteiger partial charge in [0, 0.05) is 55.1 Å². The second-order valence-electron chi connectivity index (χ2n) is 16.4. The molecule has 292 valence electrons. The number of hydrogen-bond acceptors (Lipinski definition) is 5. The van der Waals surface area contributed by atoms with Gasteiger partial charge in [-0.15, -0.1) is 0 Å². The molecule has 0 saturated carbocycles. The smallest absolute Gasteiger partial charge is 0.166 e. The summed E-state index contributed by atoms with van der Waals surface area (Å²) in [5, 5.41) is 13.3. The standard InChI is InChI=1S/C57H32N4O2/c1-3-15-36-28-49-44(26-34(36)13-1)40-19-7-9-22-48(40)61(49)50-32-54-46(45-27-35-14-2-4-16-37(35)29-53(45)63-54)31-47(50)57-59-55(38-24-25-42-41-20-8-10-23-51(41)62-52(42)30-38)58-56(60-57)43-21-11-17-33-12-5-6-18-39(33)43/h1-32H. The molecule has 0 aliphatic heterocycles. The predicted octanol–water partition coefficient (Wildman–Crippen LogP) is 15.2. The molecule has 14 aromatic rings. The van der Waals surface area contributed by atoms with Crippen molar-refractivity contribution in [2.75, 3.05) is 0 Å². The maximum absolute atomic E-state index is 6.81. The highest BCUT2D eigenvalue weighted by Crippen LogP contribution is 2.43. The van der Waals surface area contributed by atoms with Gasteiger partial charge in [0.15, 0.2) is 17.5 Å². The van der Waals surface area contributed by atoms with E-state index in [1.165, 1.54) is 5.39 Å². The zero-order valence-corrected chi connectivity index (χ0v) is 33.6. The number of hydrogen-bond donors (Lipinski definition) is 0. The average Bonchev–Trinajstić information content (AvgIpc) is 3.99. The van der Waals surface area contributed by atoms with Crippen molar-refractivity contribution >= 4 is 98.0 Å². The van der Waals surface area contributed by atoms with E-state index in [0.717, 1.165) is 115 Å². The molecule has 4 heterocycles. The average molecular weight is 805 g/mol. The zero-order chi connectivity index (χ0) is 41.2. The summed E-state index contributed by atoms with van der Waals surface area (Å²) in [4.78, 5) is 16.2. The number of nitrogens with zero attached hydrogens (tertiary/aromatic N) is 4. The molecular formula is C57H32N4O2. The molecule has 0 saturated heterocycles. The Bertz CT molecular complexity index is 4230. The summed E-state index contributed by atoms with van der Waals surface area (Å²) in [5.41, 5.74) is 8.89. The first-order valence-corrected chi connectivity index (χ1v) is 21.2. The van der Waals surface area contributed by atoms with Crippen molar-refractivity contribution < 1.29 is 8.83 Å². The summed E-state index contributed by atoms with van der Waals surface area (Å²) in [7, 11) is 0. The minimum absolute atomic E-state index is 0.548. The van der Waals surface area contributed by atoms with Gasteiger partial charge in [0.1, 0.15) is 22.3 Å². The quantitative estimate of drug-likeness (QED) is 0.177. The Balaban J connectivity index is 1.11. The van der Waals surface area contributed by atoms with Gasteiger partial charge < -0.3 is 13.4 Å². The van der Waals surface area contributed by atoms with E-state index in [4.69, 9.17) is 23.8 Å². The van der Waals surface area contributed by atoms with Crippen molar-refractivity contribution in [2.45, 2.75) is 0 Å². The Kier molecular flexibility index (Phi) is 7.02. The molecule has 0 spiro atoms. The highest BCUT2D eigenvalue weighted by Gasteiger charge is 2.23. The predicted molar refractivity (Wildman–Crippen MR) is 258 cm³/mol. The first-order chi connectivity index (χ1) is 31.2. The number of aromatic nitrogens is 4. The van der Waals surface area contributed by atoms with E-state index in [0.29, 0.717) is 17.5 Å². The van der Waals surface area contributed by atoms with Crippen molar-refractivity contribution in [3.05, 3.63) is 194 Å². The van der Waals surface area contributed by atoms with E-state index in [1.807, 2.05) is 18.2 Å². The van der Waals surface area contributed by atoms with Gasteiger partial charge in [-0.2, -0.15) is 0 Å². The molecule has 0 bridgehead atoms. The van der Waals surface area contributed by atoms with Crippen LogP contribution in [0.2, 0.25) is 0 Å². The number of fused-ring (bicyclic) bond motifs is 12.